The summed E-state index contributed by atoms with van der Waals surface area (Å²) in [4.78, 5) is 7.28. The molecular formula is C18H14B2N2. The molecule has 0 spiro atoms. The molecule has 0 saturated heterocycles. The summed E-state index contributed by atoms with van der Waals surface area (Å²) >= 11 is 0. The zero-order valence-corrected chi connectivity index (χ0v) is 12.6. The Hall–Kier alpha value is -2.61. The summed E-state index contributed by atoms with van der Waals surface area (Å²) in [7, 11) is 4.31. The molecule has 0 amide bonds. The third-order valence-electron chi connectivity index (χ3n) is 4.83. The van der Waals surface area contributed by atoms with Gasteiger partial charge in [0.05, 0.1) is 11.0 Å². The number of para-hydroxylation sites is 2. The van der Waals surface area contributed by atoms with Gasteiger partial charge in [0.25, 0.3) is 0 Å². The van der Waals surface area contributed by atoms with Crippen LogP contribution in [0.1, 0.15) is 0 Å². The summed E-state index contributed by atoms with van der Waals surface area (Å²) in [6, 6.07) is 17.4. The van der Waals surface area contributed by atoms with Crippen LogP contribution in [0.4, 0.5) is 0 Å². The highest BCUT2D eigenvalue weighted by Gasteiger charge is 2.12. The summed E-state index contributed by atoms with van der Waals surface area (Å²) < 4.78 is 0. The lowest BCUT2D eigenvalue weighted by molar-refractivity contribution is 1.53. The average molecular weight is 280 g/mol. The Morgan fingerprint density at radius 1 is 0.500 bits per heavy atom. The number of benzene rings is 3. The molecule has 0 aliphatic heterocycles. The number of H-pyrrole nitrogens is 2. The van der Waals surface area contributed by atoms with E-state index in [1.165, 1.54) is 54.5 Å². The molecule has 0 aliphatic carbocycles. The maximum atomic E-state index is 3.64. The minimum absolute atomic E-state index is 1.21. The van der Waals surface area contributed by atoms with Gasteiger partial charge in [-0.05, 0) is 0 Å². The molecule has 22 heavy (non-hydrogen) atoms. The first-order chi connectivity index (χ1) is 10.7. The molecule has 2 N–H and O–H groups in total. The molecule has 0 atom stereocenters. The summed E-state index contributed by atoms with van der Waals surface area (Å²) in [6.07, 6.45) is 0. The fourth-order valence-corrected chi connectivity index (χ4v) is 3.68. The van der Waals surface area contributed by atoms with E-state index in [0.29, 0.717) is 0 Å². The highest BCUT2D eigenvalue weighted by Crippen LogP contribution is 2.33. The van der Waals surface area contributed by atoms with Gasteiger partial charge in [-0.1, -0.05) is 59.5 Å². The summed E-state index contributed by atoms with van der Waals surface area (Å²) in [6.45, 7) is 0. The SMILES string of the molecule is Bc1cccc2c1[nH]c1c2ccc2c3cccc(B)c3[nH]c21. The van der Waals surface area contributed by atoms with Crippen molar-refractivity contribution in [2.45, 2.75) is 0 Å². The van der Waals surface area contributed by atoms with Crippen molar-refractivity contribution in [3.63, 3.8) is 0 Å². The average Bonchev–Trinajstić information content (AvgIpc) is 3.07. The van der Waals surface area contributed by atoms with Crippen LogP contribution in [0.3, 0.4) is 0 Å². The highest BCUT2D eigenvalue weighted by molar-refractivity contribution is 6.41. The zero-order valence-electron chi connectivity index (χ0n) is 12.6. The standard InChI is InChI=1S/C18H14B2N2/c19-13-5-1-3-9-11-7-8-12-10-4-2-6-14(20)16(10)22-18(12)17(11)21-15(9)13/h1-8,21-22H,19-20H2. The van der Waals surface area contributed by atoms with E-state index >= 15 is 0 Å². The van der Waals surface area contributed by atoms with Gasteiger partial charge in [-0.25, -0.2) is 0 Å². The monoisotopic (exact) mass is 280 g/mol. The van der Waals surface area contributed by atoms with E-state index in [2.05, 4.69) is 74.2 Å². The molecule has 0 radical (unpaired) electrons. The Labute approximate surface area is 129 Å². The first kappa shape index (κ1) is 12.0. The van der Waals surface area contributed by atoms with Crippen molar-refractivity contribution in [3.05, 3.63) is 48.5 Å². The second-order valence-corrected chi connectivity index (χ2v) is 6.16. The van der Waals surface area contributed by atoms with Crippen LogP contribution in [0.5, 0.6) is 0 Å². The van der Waals surface area contributed by atoms with Gasteiger partial charge in [0.15, 0.2) is 0 Å². The Morgan fingerprint density at radius 3 is 1.36 bits per heavy atom. The van der Waals surface area contributed by atoms with Gasteiger partial charge in [-0.15, -0.1) is 0 Å². The second-order valence-electron chi connectivity index (χ2n) is 6.16. The van der Waals surface area contributed by atoms with Gasteiger partial charge in [0, 0.05) is 32.6 Å². The second kappa shape index (κ2) is 3.98. The number of fused-ring (bicyclic) bond motifs is 7. The number of nitrogens with one attached hydrogen (secondary N) is 2. The number of hydrogen-bond acceptors (Lipinski definition) is 0. The van der Waals surface area contributed by atoms with Crippen molar-refractivity contribution >= 4 is 70.2 Å². The van der Waals surface area contributed by atoms with Crippen molar-refractivity contribution in [1.82, 2.24) is 9.97 Å². The Balaban J connectivity index is 2.08. The van der Waals surface area contributed by atoms with Gasteiger partial charge in [0.2, 0.25) is 0 Å². The maximum absolute atomic E-state index is 3.64. The van der Waals surface area contributed by atoms with Crippen molar-refractivity contribution < 1.29 is 0 Å². The van der Waals surface area contributed by atoms with Crippen molar-refractivity contribution in [1.29, 1.82) is 0 Å². The molecule has 3 aromatic carbocycles. The van der Waals surface area contributed by atoms with Crippen LogP contribution in [0.2, 0.25) is 0 Å². The largest absolute Gasteiger partial charge is 0.353 e. The van der Waals surface area contributed by atoms with Crippen LogP contribution in [0.25, 0.3) is 43.6 Å². The van der Waals surface area contributed by atoms with Crippen LogP contribution in [-0.2, 0) is 0 Å². The molecule has 0 saturated carbocycles. The molecule has 0 aliphatic rings. The first-order valence-electron chi connectivity index (χ1n) is 7.65. The van der Waals surface area contributed by atoms with Crippen molar-refractivity contribution in [2.24, 2.45) is 0 Å². The van der Waals surface area contributed by atoms with Gasteiger partial charge >= 0.3 is 0 Å². The molecular weight excluding hydrogens is 266 g/mol. The van der Waals surface area contributed by atoms with Crippen LogP contribution in [0, 0.1) is 0 Å². The van der Waals surface area contributed by atoms with E-state index in [-0.39, 0.29) is 0 Å². The Bertz CT molecular complexity index is 1100. The highest BCUT2D eigenvalue weighted by atomic mass is 14.8. The quantitative estimate of drug-likeness (QED) is 0.403. The van der Waals surface area contributed by atoms with E-state index in [4.69, 9.17) is 0 Å². The number of rotatable bonds is 0. The predicted molar refractivity (Wildman–Crippen MR) is 102 cm³/mol. The van der Waals surface area contributed by atoms with E-state index in [1.54, 1.807) is 0 Å². The van der Waals surface area contributed by atoms with Crippen molar-refractivity contribution in [3.8, 4) is 0 Å². The van der Waals surface area contributed by atoms with Crippen molar-refractivity contribution in [2.75, 3.05) is 0 Å². The smallest absolute Gasteiger partial charge is 0.142 e. The van der Waals surface area contributed by atoms with E-state index in [0.717, 1.165) is 0 Å². The van der Waals surface area contributed by atoms with Gasteiger partial charge in [-0.2, -0.15) is 0 Å². The molecule has 2 nitrogen and oxygen atoms in total. The number of aromatic amines is 2. The molecule has 2 heterocycles. The van der Waals surface area contributed by atoms with E-state index < -0.39 is 0 Å². The molecule has 4 heteroatoms. The van der Waals surface area contributed by atoms with Gasteiger partial charge < -0.3 is 9.97 Å². The normalized spacial score (nSPS) is 12.0. The summed E-state index contributed by atoms with van der Waals surface area (Å²) in [5.41, 5.74) is 7.46. The Morgan fingerprint density at radius 2 is 0.909 bits per heavy atom. The molecule has 0 unspecified atom stereocenters. The van der Waals surface area contributed by atoms with Crippen LogP contribution < -0.4 is 10.9 Å². The lowest BCUT2D eigenvalue weighted by Crippen LogP contribution is -2.02. The lowest BCUT2D eigenvalue weighted by atomic mass is 9.93. The minimum Gasteiger partial charge on any atom is -0.353 e. The van der Waals surface area contributed by atoms with Gasteiger partial charge in [-0.3, -0.25) is 0 Å². The Kier molecular flexibility index (Phi) is 2.17. The molecule has 102 valence electrons. The van der Waals surface area contributed by atoms with Crippen LogP contribution in [0.15, 0.2) is 48.5 Å². The van der Waals surface area contributed by atoms with E-state index in [9.17, 15) is 0 Å². The predicted octanol–water partition coefficient (Wildman–Crippen LogP) is 1.47. The number of aromatic nitrogens is 2. The van der Waals surface area contributed by atoms with E-state index in [1.807, 2.05) is 0 Å². The lowest BCUT2D eigenvalue weighted by Gasteiger charge is -1.95. The number of hydrogen-bond donors (Lipinski definition) is 2. The molecule has 0 fully saturated rings. The zero-order chi connectivity index (χ0) is 14.8. The van der Waals surface area contributed by atoms with Crippen LogP contribution in [-0.4, -0.2) is 25.7 Å². The third-order valence-corrected chi connectivity index (χ3v) is 4.83. The fourth-order valence-electron chi connectivity index (χ4n) is 3.68. The summed E-state index contributed by atoms with van der Waals surface area (Å²) in [5.74, 6) is 0. The molecule has 5 aromatic rings. The topological polar surface area (TPSA) is 31.6 Å². The molecule has 0 bridgehead atoms. The minimum atomic E-state index is 1.21. The first-order valence-corrected chi connectivity index (χ1v) is 7.65. The fraction of sp³-hybridized carbons (Fsp3) is 0. The maximum Gasteiger partial charge on any atom is 0.142 e. The third kappa shape index (κ3) is 1.37. The summed E-state index contributed by atoms with van der Waals surface area (Å²) in [5, 5.41) is 5.17. The molecule has 2 aromatic heterocycles. The molecule has 5 rings (SSSR count). The van der Waals surface area contributed by atoms with Gasteiger partial charge in [0.1, 0.15) is 15.7 Å². The van der Waals surface area contributed by atoms with Crippen LogP contribution >= 0.6 is 0 Å².